The van der Waals surface area contributed by atoms with Crippen LogP contribution in [0.15, 0.2) is 54.6 Å². The van der Waals surface area contributed by atoms with Gasteiger partial charge in [-0.1, -0.05) is 61.5 Å². The van der Waals surface area contributed by atoms with Crippen LogP contribution in [-0.2, 0) is 6.42 Å². The quantitative estimate of drug-likeness (QED) is 0.803. The standard InChI is InChI=1S/C21H29N3O/c1-5-17-11-13-18(14-12-17)16(2)22-21(25)23-20(15-24(3)4)19-9-7-6-8-10-19/h6-14,16,20H,5,15H2,1-4H3,(H2,22,23,25). The Bertz CT molecular complexity index is 653. The summed E-state index contributed by atoms with van der Waals surface area (Å²) < 4.78 is 0. The zero-order valence-corrected chi connectivity index (χ0v) is 15.6. The Balaban J connectivity index is 2.00. The minimum atomic E-state index is -0.150. The molecule has 2 unspecified atom stereocenters. The molecule has 0 aliphatic rings. The lowest BCUT2D eigenvalue weighted by Gasteiger charge is -2.24. The van der Waals surface area contributed by atoms with Gasteiger partial charge in [0.25, 0.3) is 0 Å². The van der Waals surface area contributed by atoms with Crippen molar-refractivity contribution in [1.82, 2.24) is 15.5 Å². The smallest absolute Gasteiger partial charge is 0.315 e. The molecule has 2 amide bonds. The fourth-order valence-corrected chi connectivity index (χ4v) is 2.81. The number of likely N-dealkylation sites (N-methyl/N-ethyl adjacent to an activating group) is 1. The molecule has 0 aromatic heterocycles. The molecule has 2 aromatic carbocycles. The molecule has 0 aliphatic heterocycles. The molecule has 4 nitrogen and oxygen atoms in total. The van der Waals surface area contributed by atoms with E-state index in [0.717, 1.165) is 24.1 Å². The molecule has 0 spiro atoms. The van der Waals surface area contributed by atoms with Crippen LogP contribution in [0.2, 0.25) is 0 Å². The van der Waals surface area contributed by atoms with Crippen LogP contribution in [0.25, 0.3) is 0 Å². The SMILES string of the molecule is CCc1ccc(C(C)NC(=O)NC(CN(C)C)c2ccccc2)cc1. The highest BCUT2D eigenvalue weighted by atomic mass is 16.2. The monoisotopic (exact) mass is 339 g/mol. The average Bonchev–Trinajstić information content (AvgIpc) is 2.61. The maximum atomic E-state index is 12.5. The zero-order chi connectivity index (χ0) is 18.2. The van der Waals surface area contributed by atoms with Gasteiger partial charge in [0.15, 0.2) is 0 Å². The predicted octanol–water partition coefficient (Wildman–Crippen LogP) is 3.91. The van der Waals surface area contributed by atoms with Crippen LogP contribution in [0.5, 0.6) is 0 Å². The fraction of sp³-hybridized carbons (Fsp3) is 0.381. The maximum absolute atomic E-state index is 12.5. The molecule has 134 valence electrons. The van der Waals surface area contributed by atoms with E-state index in [1.165, 1.54) is 5.56 Å². The summed E-state index contributed by atoms with van der Waals surface area (Å²) in [6.45, 7) is 4.89. The number of rotatable bonds is 7. The van der Waals surface area contributed by atoms with E-state index in [2.05, 4.69) is 46.7 Å². The van der Waals surface area contributed by atoms with E-state index >= 15 is 0 Å². The first-order valence-electron chi connectivity index (χ1n) is 8.85. The third-order valence-corrected chi connectivity index (χ3v) is 4.29. The summed E-state index contributed by atoms with van der Waals surface area (Å²) in [6.07, 6.45) is 1.02. The zero-order valence-electron chi connectivity index (χ0n) is 15.6. The van der Waals surface area contributed by atoms with Gasteiger partial charge in [0.1, 0.15) is 0 Å². The van der Waals surface area contributed by atoms with Crippen molar-refractivity contribution < 1.29 is 4.79 Å². The molecule has 2 aromatic rings. The molecule has 4 heteroatoms. The highest BCUT2D eigenvalue weighted by Gasteiger charge is 2.17. The molecule has 0 fully saturated rings. The molecule has 2 atom stereocenters. The summed E-state index contributed by atoms with van der Waals surface area (Å²) in [5, 5.41) is 6.13. The number of amides is 2. The Morgan fingerprint density at radius 3 is 2.16 bits per heavy atom. The number of carbonyl (C=O) groups is 1. The second-order valence-electron chi connectivity index (χ2n) is 6.66. The van der Waals surface area contributed by atoms with Crippen LogP contribution >= 0.6 is 0 Å². The van der Waals surface area contributed by atoms with Gasteiger partial charge in [-0.2, -0.15) is 0 Å². The van der Waals surface area contributed by atoms with Gasteiger partial charge in [-0.25, -0.2) is 4.79 Å². The summed E-state index contributed by atoms with van der Waals surface area (Å²) in [5.74, 6) is 0. The largest absolute Gasteiger partial charge is 0.332 e. The van der Waals surface area contributed by atoms with Crippen molar-refractivity contribution in [1.29, 1.82) is 0 Å². The van der Waals surface area contributed by atoms with Gasteiger partial charge in [-0.05, 0) is 44.1 Å². The number of benzene rings is 2. The first-order chi connectivity index (χ1) is 12.0. The van der Waals surface area contributed by atoms with E-state index in [1.54, 1.807) is 0 Å². The van der Waals surface area contributed by atoms with E-state index in [9.17, 15) is 4.79 Å². The Morgan fingerprint density at radius 1 is 0.960 bits per heavy atom. The summed E-state index contributed by atoms with van der Waals surface area (Å²) in [6, 6.07) is 18.2. The van der Waals surface area contributed by atoms with Gasteiger partial charge in [-0.3, -0.25) is 0 Å². The van der Waals surface area contributed by atoms with Crippen molar-refractivity contribution in [2.24, 2.45) is 0 Å². The summed E-state index contributed by atoms with van der Waals surface area (Å²) >= 11 is 0. The minimum absolute atomic E-state index is 0.0401. The van der Waals surface area contributed by atoms with Crippen molar-refractivity contribution in [3.05, 3.63) is 71.3 Å². The lowest BCUT2D eigenvalue weighted by atomic mass is 10.0. The van der Waals surface area contributed by atoms with Gasteiger partial charge < -0.3 is 15.5 Å². The molecule has 0 bridgehead atoms. The van der Waals surface area contributed by atoms with Gasteiger partial charge in [0.05, 0.1) is 12.1 Å². The lowest BCUT2D eigenvalue weighted by molar-refractivity contribution is 0.230. The molecule has 2 rings (SSSR count). The third-order valence-electron chi connectivity index (χ3n) is 4.29. The first-order valence-corrected chi connectivity index (χ1v) is 8.85. The Hall–Kier alpha value is -2.33. The molecule has 0 heterocycles. The average molecular weight is 339 g/mol. The third kappa shape index (κ3) is 5.91. The topological polar surface area (TPSA) is 44.4 Å². The van der Waals surface area contributed by atoms with Crippen molar-refractivity contribution in [2.45, 2.75) is 32.4 Å². The minimum Gasteiger partial charge on any atom is -0.332 e. The predicted molar refractivity (Wildman–Crippen MR) is 104 cm³/mol. The molecule has 0 saturated heterocycles. The van der Waals surface area contributed by atoms with E-state index in [4.69, 9.17) is 0 Å². The fourth-order valence-electron chi connectivity index (χ4n) is 2.81. The molecular formula is C21H29N3O. The van der Waals surface area contributed by atoms with Crippen LogP contribution < -0.4 is 10.6 Å². The second kappa shape index (κ2) is 9.23. The van der Waals surface area contributed by atoms with Crippen molar-refractivity contribution >= 4 is 6.03 Å². The highest BCUT2D eigenvalue weighted by molar-refractivity contribution is 5.75. The summed E-state index contributed by atoms with van der Waals surface area (Å²) in [4.78, 5) is 14.5. The first kappa shape index (κ1) is 19.0. The van der Waals surface area contributed by atoms with Gasteiger partial charge in [-0.15, -0.1) is 0 Å². The molecule has 0 aliphatic carbocycles. The number of hydrogen-bond donors (Lipinski definition) is 2. The molecule has 0 radical (unpaired) electrons. The van der Waals surface area contributed by atoms with Crippen molar-refractivity contribution in [2.75, 3.05) is 20.6 Å². The number of urea groups is 1. The van der Waals surface area contributed by atoms with Crippen LogP contribution in [0, 0.1) is 0 Å². The van der Waals surface area contributed by atoms with Crippen LogP contribution in [-0.4, -0.2) is 31.6 Å². The van der Waals surface area contributed by atoms with Crippen molar-refractivity contribution in [3.8, 4) is 0 Å². The summed E-state index contributed by atoms with van der Waals surface area (Å²) in [5.41, 5.74) is 3.51. The van der Waals surface area contributed by atoms with E-state index < -0.39 is 0 Å². The number of carbonyl (C=O) groups excluding carboxylic acids is 1. The Morgan fingerprint density at radius 2 is 1.60 bits per heavy atom. The Labute approximate surface area is 151 Å². The number of nitrogens with one attached hydrogen (secondary N) is 2. The van der Waals surface area contributed by atoms with E-state index in [1.807, 2.05) is 51.4 Å². The van der Waals surface area contributed by atoms with Gasteiger partial charge in [0, 0.05) is 6.54 Å². The van der Waals surface area contributed by atoms with Gasteiger partial charge >= 0.3 is 6.03 Å². The van der Waals surface area contributed by atoms with Crippen LogP contribution in [0.3, 0.4) is 0 Å². The van der Waals surface area contributed by atoms with E-state index in [-0.39, 0.29) is 18.1 Å². The molecule has 25 heavy (non-hydrogen) atoms. The highest BCUT2D eigenvalue weighted by Crippen LogP contribution is 2.16. The van der Waals surface area contributed by atoms with E-state index in [0.29, 0.717) is 0 Å². The van der Waals surface area contributed by atoms with Crippen LogP contribution in [0.1, 0.15) is 42.6 Å². The van der Waals surface area contributed by atoms with Crippen LogP contribution in [0.4, 0.5) is 4.79 Å². The van der Waals surface area contributed by atoms with Crippen molar-refractivity contribution in [3.63, 3.8) is 0 Å². The molecule has 2 N–H and O–H groups in total. The number of hydrogen-bond acceptors (Lipinski definition) is 2. The molecular weight excluding hydrogens is 310 g/mol. The summed E-state index contributed by atoms with van der Waals surface area (Å²) in [7, 11) is 4.01. The number of aryl methyl sites for hydroxylation is 1. The Kier molecular flexibility index (Phi) is 7.02. The van der Waals surface area contributed by atoms with Gasteiger partial charge in [0.2, 0.25) is 0 Å². The lowest BCUT2D eigenvalue weighted by Crippen LogP contribution is -2.42. The maximum Gasteiger partial charge on any atom is 0.315 e. The normalized spacial score (nSPS) is 13.3. The molecule has 0 saturated carbocycles. The second-order valence-corrected chi connectivity index (χ2v) is 6.66. The number of nitrogens with zero attached hydrogens (tertiary/aromatic N) is 1.